The minimum Gasteiger partial charge on any atom is -0.350 e. The summed E-state index contributed by atoms with van der Waals surface area (Å²) in [5, 5.41) is 3.73. The van der Waals surface area contributed by atoms with E-state index in [0.717, 1.165) is 31.2 Å². The molecular formula is C16H23ClN2O. The summed E-state index contributed by atoms with van der Waals surface area (Å²) in [6, 6.07) is 7.53. The SMILES string of the molecule is C[C@@H](NC(=O)CC1(N)CCCCC1)c1ccc(Cl)cc1. The van der Waals surface area contributed by atoms with E-state index in [0.29, 0.717) is 11.4 Å². The Hall–Kier alpha value is -1.06. The molecule has 3 nitrogen and oxygen atoms in total. The first-order chi connectivity index (χ1) is 9.48. The zero-order valence-electron chi connectivity index (χ0n) is 12.0. The summed E-state index contributed by atoms with van der Waals surface area (Å²) in [6.45, 7) is 1.98. The third kappa shape index (κ3) is 4.22. The summed E-state index contributed by atoms with van der Waals surface area (Å²) in [7, 11) is 0. The lowest BCUT2D eigenvalue weighted by atomic mass is 9.80. The van der Waals surface area contributed by atoms with Crippen LogP contribution in [0.25, 0.3) is 0 Å². The highest BCUT2D eigenvalue weighted by molar-refractivity contribution is 6.30. The van der Waals surface area contributed by atoms with Crippen LogP contribution in [0, 0.1) is 0 Å². The monoisotopic (exact) mass is 294 g/mol. The van der Waals surface area contributed by atoms with Gasteiger partial charge in [0, 0.05) is 17.0 Å². The van der Waals surface area contributed by atoms with E-state index in [4.69, 9.17) is 17.3 Å². The molecule has 1 aromatic rings. The van der Waals surface area contributed by atoms with E-state index in [2.05, 4.69) is 5.32 Å². The molecule has 0 aliphatic heterocycles. The molecule has 1 aliphatic rings. The van der Waals surface area contributed by atoms with E-state index in [1.54, 1.807) is 0 Å². The van der Waals surface area contributed by atoms with Crippen molar-refractivity contribution in [3.8, 4) is 0 Å². The van der Waals surface area contributed by atoms with Crippen LogP contribution >= 0.6 is 11.6 Å². The molecule has 4 heteroatoms. The number of carbonyl (C=O) groups excluding carboxylic acids is 1. The molecule has 0 heterocycles. The molecule has 110 valence electrons. The molecule has 1 aliphatic carbocycles. The normalized spacial score (nSPS) is 19.4. The van der Waals surface area contributed by atoms with Crippen LogP contribution in [-0.2, 0) is 4.79 Å². The first kappa shape index (κ1) is 15.3. The minimum absolute atomic E-state index is 0.0213. The standard InChI is InChI=1S/C16H23ClN2O/c1-12(13-5-7-14(17)8-6-13)19-15(20)11-16(18)9-3-2-4-10-16/h5-8,12H,2-4,9-11,18H2,1H3,(H,19,20)/t12-/m1/s1. The van der Waals surface area contributed by atoms with Crippen LogP contribution in [0.1, 0.15) is 57.1 Å². The maximum atomic E-state index is 12.1. The van der Waals surface area contributed by atoms with Gasteiger partial charge in [0.2, 0.25) is 5.91 Å². The van der Waals surface area contributed by atoms with Gasteiger partial charge in [-0.15, -0.1) is 0 Å². The fourth-order valence-electron chi connectivity index (χ4n) is 2.88. The second kappa shape index (κ2) is 6.59. The second-order valence-corrected chi connectivity index (χ2v) is 6.38. The van der Waals surface area contributed by atoms with Crippen molar-refractivity contribution < 1.29 is 4.79 Å². The van der Waals surface area contributed by atoms with Crippen molar-refractivity contribution in [2.75, 3.05) is 0 Å². The predicted octanol–water partition coefficient (Wildman–Crippen LogP) is 3.57. The molecule has 1 aromatic carbocycles. The molecule has 3 N–H and O–H groups in total. The Morgan fingerprint density at radius 1 is 1.30 bits per heavy atom. The van der Waals surface area contributed by atoms with Gasteiger partial charge in [-0.05, 0) is 37.5 Å². The first-order valence-electron chi connectivity index (χ1n) is 7.32. The molecule has 0 radical (unpaired) electrons. The maximum absolute atomic E-state index is 12.1. The van der Waals surface area contributed by atoms with Crippen molar-refractivity contribution >= 4 is 17.5 Å². The van der Waals surface area contributed by atoms with Crippen molar-refractivity contribution in [2.45, 2.75) is 57.0 Å². The second-order valence-electron chi connectivity index (χ2n) is 5.94. The maximum Gasteiger partial charge on any atom is 0.222 e. The number of hydrogen-bond donors (Lipinski definition) is 2. The summed E-state index contributed by atoms with van der Waals surface area (Å²) >= 11 is 5.87. The number of benzene rings is 1. The molecule has 1 amide bonds. The molecule has 1 saturated carbocycles. The fourth-order valence-corrected chi connectivity index (χ4v) is 3.01. The minimum atomic E-state index is -0.304. The Morgan fingerprint density at radius 2 is 1.90 bits per heavy atom. The van der Waals surface area contributed by atoms with Crippen LogP contribution in [0.5, 0.6) is 0 Å². The largest absolute Gasteiger partial charge is 0.350 e. The Kier molecular flexibility index (Phi) is 5.06. The summed E-state index contributed by atoms with van der Waals surface area (Å²) in [4.78, 5) is 12.1. The van der Waals surface area contributed by atoms with Crippen LogP contribution in [0.15, 0.2) is 24.3 Å². The van der Waals surface area contributed by atoms with Crippen molar-refractivity contribution in [1.82, 2.24) is 5.32 Å². The Bertz CT molecular complexity index is 452. The molecule has 0 spiro atoms. The van der Waals surface area contributed by atoms with Crippen LogP contribution in [-0.4, -0.2) is 11.4 Å². The van der Waals surface area contributed by atoms with Crippen LogP contribution in [0.2, 0.25) is 5.02 Å². The lowest BCUT2D eigenvalue weighted by Crippen LogP contribution is -2.46. The molecule has 1 fully saturated rings. The quantitative estimate of drug-likeness (QED) is 0.892. The third-order valence-corrected chi connectivity index (χ3v) is 4.36. The highest BCUT2D eigenvalue weighted by atomic mass is 35.5. The molecule has 0 aromatic heterocycles. The molecule has 0 unspecified atom stereocenters. The van der Waals surface area contributed by atoms with Crippen molar-refractivity contribution in [3.63, 3.8) is 0 Å². The molecule has 1 atom stereocenters. The molecule has 2 rings (SSSR count). The van der Waals surface area contributed by atoms with Gasteiger partial charge in [-0.25, -0.2) is 0 Å². The van der Waals surface area contributed by atoms with Crippen molar-refractivity contribution in [2.24, 2.45) is 5.73 Å². The van der Waals surface area contributed by atoms with Gasteiger partial charge in [-0.3, -0.25) is 4.79 Å². The topological polar surface area (TPSA) is 55.1 Å². The van der Waals surface area contributed by atoms with E-state index in [-0.39, 0.29) is 17.5 Å². The number of carbonyl (C=O) groups is 1. The highest BCUT2D eigenvalue weighted by Gasteiger charge is 2.30. The molecule has 20 heavy (non-hydrogen) atoms. The van der Waals surface area contributed by atoms with Gasteiger partial charge in [0.25, 0.3) is 0 Å². The number of hydrogen-bond acceptors (Lipinski definition) is 2. The Morgan fingerprint density at radius 3 is 2.50 bits per heavy atom. The first-order valence-corrected chi connectivity index (χ1v) is 7.70. The third-order valence-electron chi connectivity index (χ3n) is 4.11. The van der Waals surface area contributed by atoms with E-state index >= 15 is 0 Å². The van der Waals surface area contributed by atoms with Crippen LogP contribution < -0.4 is 11.1 Å². The number of amides is 1. The van der Waals surface area contributed by atoms with Gasteiger partial charge < -0.3 is 11.1 Å². The zero-order valence-corrected chi connectivity index (χ0v) is 12.7. The number of nitrogens with two attached hydrogens (primary N) is 1. The van der Waals surface area contributed by atoms with E-state index in [1.165, 1.54) is 6.42 Å². The summed E-state index contributed by atoms with van der Waals surface area (Å²) in [5.74, 6) is 0.0388. The van der Waals surface area contributed by atoms with Crippen LogP contribution in [0.3, 0.4) is 0 Å². The van der Waals surface area contributed by atoms with Gasteiger partial charge in [-0.1, -0.05) is 43.0 Å². The van der Waals surface area contributed by atoms with Gasteiger partial charge in [-0.2, -0.15) is 0 Å². The smallest absolute Gasteiger partial charge is 0.222 e. The lowest BCUT2D eigenvalue weighted by Gasteiger charge is -2.33. The summed E-state index contributed by atoms with van der Waals surface area (Å²) < 4.78 is 0. The Labute approximate surface area is 125 Å². The zero-order chi connectivity index (χ0) is 14.6. The van der Waals surface area contributed by atoms with Gasteiger partial charge >= 0.3 is 0 Å². The van der Waals surface area contributed by atoms with Gasteiger partial charge in [0.1, 0.15) is 0 Å². The number of nitrogens with one attached hydrogen (secondary N) is 1. The lowest BCUT2D eigenvalue weighted by molar-refractivity contribution is -0.123. The van der Waals surface area contributed by atoms with E-state index in [9.17, 15) is 4.79 Å². The Balaban J connectivity index is 1.89. The highest BCUT2D eigenvalue weighted by Crippen LogP contribution is 2.28. The summed E-state index contributed by atoms with van der Waals surface area (Å²) in [6.07, 6.45) is 5.84. The summed E-state index contributed by atoms with van der Waals surface area (Å²) in [5.41, 5.74) is 7.07. The van der Waals surface area contributed by atoms with E-state index in [1.807, 2.05) is 31.2 Å². The number of rotatable bonds is 4. The molecule has 0 saturated heterocycles. The van der Waals surface area contributed by atoms with Crippen molar-refractivity contribution in [1.29, 1.82) is 0 Å². The number of halogens is 1. The van der Waals surface area contributed by atoms with Crippen LogP contribution in [0.4, 0.5) is 0 Å². The molecular weight excluding hydrogens is 272 g/mol. The average Bonchev–Trinajstić information content (AvgIpc) is 2.39. The van der Waals surface area contributed by atoms with Gasteiger partial charge in [0.15, 0.2) is 0 Å². The predicted molar refractivity (Wildman–Crippen MR) is 82.6 cm³/mol. The average molecular weight is 295 g/mol. The fraction of sp³-hybridized carbons (Fsp3) is 0.562. The van der Waals surface area contributed by atoms with Crippen molar-refractivity contribution in [3.05, 3.63) is 34.9 Å². The molecule has 0 bridgehead atoms. The van der Waals surface area contributed by atoms with Gasteiger partial charge in [0.05, 0.1) is 6.04 Å². The van der Waals surface area contributed by atoms with E-state index < -0.39 is 0 Å².